The summed E-state index contributed by atoms with van der Waals surface area (Å²) in [6.45, 7) is 5.03. The van der Waals surface area contributed by atoms with Gasteiger partial charge in [-0.15, -0.1) is 4.40 Å². The molecule has 0 bridgehead atoms. The van der Waals surface area contributed by atoms with E-state index in [1.165, 1.54) is 0 Å². The lowest BCUT2D eigenvalue weighted by atomic mass is 10.2. The second kappa shape index (κ2) is 7.10. The minimum atomic E-state index is -4.05. The zero-order chi connectivity index (χ0) is 17.0. The van der Waals surface area contributed by atoms with Gasteiger partial charge in [0.15, 0.2) is 5.17 Å². The first kappa shape index (κ1) is 18.4. The Morgan fingerprint density at radius 1 is 1.27 bits per heavy atom. The molecule has 6 nitrogen and oxygen atoms in total. The standard InChI is InChI=1S/C13H17FN2O4S2/c1-13(2,3)20-12(17)15-11(21-4)16-22(18,19)10-7-5-9(14)6-8-10/h5-8H,1-4H3,(H,15,16,17). The monoisotopic (exact) mass is 348 g/mol. The molecule has 0 saturated carbocycles. The van der Waals surface area contributed by atoms with Gasteiger partial charge in [0.1, 0.15) is 11.4 Å². The lowest BCUT2D eigenvalue weighted by Gasteiger charge is -2.19. The number of nitrogens with zero attached hydrogens (tertiary/aromatic N) is 1. The molecule has 1 rings (SSSR count). The first-order valence-electron chi connectivity index (χ1n) is 6.18. The summed E-state index contributed by atoms with van der Waals surface area (Å²) in [5.74, 6) is -0.556. The number of rotatable bonds is 2. The Morgan fingerprint density at radius 3 is 2.27 bits per heavy atom. The zero-order valence-corrected chi connectivity index (χ0v) is 14.2. The summed E-state index contributed by atoms with van der Waals surface area (Å²) in [5.41, 5.74) is -0.719. The van der Waals surface area contributed by atoms with Gasteiger partial charge in [-0.05, 0) is 51.3 Å². The van der Waals surface area contributed by atoms with Crippen LogP contribution in [0.15, 0.2) is 33.6 Å². The van der Waals surface area contributed by atoms with Crippen LogP contribution in [0.25, 0.3) is 0 Å². The van der Waals surface area contributed by atoms with Crippen molar-refractivity contribution in [3.63, 3.8) is 0 Å². The van der Waals surface area contributed by atoms with Gasteiger partial charge in [0.2, 0.25) is 0 Å². The van der Waals surface area contributed by atoms with Crippen LogP contribution in [-0.4, -0.2) is 31.5 Å². The van der Waals surface area contributed by atoms with Crippen molar-refractivity contribution in [3.8, 4) is 0 Å². The van der Waals surface area contributed by atoms with E-state index in [9.17, 15) is 17.6 Å². The molecule has 0 radical (unpaired) electrons. The first-order valence-corrected chi connectivity index (χ1v) is 8.84. The van der Waals surface area contributed by atoms with Gasteiger partial charge in [-0.25, -0.2) is 9.18 Å². The van der Waals surface area contributed by atoms with Gasteiger partial charge in [0, 0.05) is 0 Å². The van der Waals surface area contributed by atoms with Crippen molar-refractivity contribution in [2.75, 3.05) is 6.26 Å². The van der Waals surface area contributed by atoms with Crippen molar-refractivity contribution in [1.82, 2.24) is 5.32 Å². The molecule has 1 aromatic carbocycles. The highest BCUT2D eigenvalue weighted by Gasteiger charge is 2.19. The third-order valence-electron chi connectivity index (χ3n) is 2.12. The molecule has 1 amide bonds. The van der Waals surface area contributed by atoms with Crippen molar-refractivity contribution in [3.05, 3.63) is 30.1 Å². The number of hydrogen-bond acceptors (Lipinski definition) is 5. The molecular weight excluding hydrogens is 331 g/mol. The lowest BCUT2D eigenvalue weighted by Crippen LogP contribution is -2.35. The predicted molar refractivity (Wildman–Crippen MR) is 83.9 cm³/mol. The van der Waals surface area contributed by atoms with Crippen LogP contribution in [0, 0.1) is 5.82 Å². The number of sulfonamides is 1. The fourth-order valence-electron chi connectivity index (χ4n) is 1.27. The Labute approximate surface area is 133 Å². The molecule has 0 saturated heterocycles. The number of benzene rings is 1. The number of alkyl carbamates (subject to hydrolysis) is 1. The second-order valence-corrected chi connectivity index (χ2v) is 7.56. The molecule has 1 N–H and O–H groups in total. The van der Waals surface area contributed by atoms with Gasteiger partial charge in [-0.1, -0.05) is 11.8 Å². The molecule has 0 aromatic heterocycles. The predicted octanol–water partition coefficient (Wildman–Crippen LogP) is 2.76. The molecule has 1 aromatic rings. The minimum Gasteiger partial charge on any atom is -0.444 e. The number of hydrogen-bond donors (Lipinski definition) is 1. The van der Waals surface area contributed by atoms with Crippen molar-refractivity contribution in [1.29, 1.82) is 0 Å². The summed E-state index contributed by atoms with van der Waals surface area (Å²) < 4.78 is 45.5. The van der Waals surface area contributed by atoms with Gasteiger partial charge < -0.3 is 4.74 Å². The summed E-state index contributed by atoms with van der Waals surface area (Å²) in [5, 5.41) is 2.12. The minimum absolute atomic E-state index is 0.140. The van der Waals surface area contributed by atoms with Crippen molar-refractivity contribution in [2.24, 2.45) is 4.40 Å². The number of amides is 1. The molecule has 22 heavy (non-hydrogen) atoms. The van der Waals surface area contributed by atoms with E-state index in [0.717, 1.165) is 36.0 Å². The van der Waals surface area contributed by atoms with Crippen LogP contribution < -0.4 is 5.32 Å². The Bertz CT molecular complexity index is 664. The third kappa shape index (κ3) is 6.02. The third-order valence-corrected chi connectivity index (χ3v) is 4.10. The van der Waals surface area contributed by atoms with Crippen molar-refractivity contribution >= 4 is 33.0 Å². The molecule has 0 aliphatic rings. The number of amidine groups is 1. The number of carbonyl (C=O) groups is 1. The maximum Gasteiger partial charge on any atom is 0.413 e. The fraction of sp³-hybridized carbons (Fsp3) is 0.385. The summed E-state index contributed by atoms with van der Waals surface area (Å²) in [4.78, 5) is 11.4. The fourth-order valence-corrected chi connectivity index (χ4v) is 2.90. The number of thioether (sulfide) groups is 1. The van der Waals surface area contributed by atoms with E-state index >= 15 is 0 Å². The van der Waals surface area contributed by atoms with E-state index in [-0.39, 0.29) is 10.1 Å². The average Bonchev–Trinajstić information content (AvgIpc) is 2.35. The van der Waals surface area contributed by atoms with E-state index in [4.69, 9.17) is 4.74 Å². The molecule has 0 aliphatic heterocycles. The second-order valence-electron chi connectivity index (χ2n) is 5.16. The van der Waals surface area contributed by atoms with E-state index in [1.54, 1.807) is 27.0 Å². The molecule has 0 aliphatic carbocycles. The van der Waals surface area contributed by atoms with Crippen LogP contribution >= 0.6 is 11.8 Å². The topological polar surface area (TPSA) is 84.8 Å². The summed E-state index contributed by atoms with van der Waals surface area (Å²) in [6, 6.07) is 4.23. The maximum atomic E-state index is 12.8. The Hall–Kier alpha value is -1.61. The van der Waals surface area contributed by atoms with Crippen LogP contribution in [0.4, 0.5) is 9.18 Å². The molecule has 0 atom stereocenters. The van der Waals surface area contributed by atoms with Crippen LogP contribution in [-0.2, 0) is 14.8 Å². The van der Waals surface area contributed by atoms with Crippen molar-refractivity contribution in [2.45, 2.75) is 31.3 Å². The molecule has 0 unspecified atom stereocenters. The number of halogens is 1. The SMILES string of the molecule is CSC(=NS(=O)(=O)c1ccc(F)cc1)NC(=O)OC(C)(C)C. The smallest absolute Gasteiger partial charge is 0.413 e. The summed E-state index contributed by atoms with van der Waals surface area (Å²) >= 11 is 0.934. The highest BCUT2D eigenvalue weighted by molar-refractivity contribution is 8.13. The summed E-state index contributed by atoms with van der Waals surface area (Å²) in [6.07, 6.45) is 0.742. The molecule has 0 spiro atoms. The van der Waals surface area contributed by atoms with Gasteiger partial charge >= 0.3 is 6.09 Å². The highest BCUT2D eigenvalue weighted by atomic mass is 32.2. The molecule has 9 heteroatoms. The summed E-state index contributed by atoms with van der Waals surface area (Å²) in [7, 11) is -4.05. The zero-order valence-electron chi connectivity index (χ0n) is 12.6. The number of carbonyl (C=O) groups excluding carboxylic acids is 1. The van der Waals surface area contributed by atoms with Gasteiger partial charge in [0.05, 0.1) is 4.90 Å². The van der Waals surface area contributed by atoms with E-state index < -0.39 is 27.5 Å². The van der Waals surface area contributed by atoms with Crippen LogP contribution in [0.3, 0.4) is 0 Å². The number of nitrogens with one attached hydrogen (secondary N) is 1. The van der Waals surface area contributed by atoms with E-state index in [0.29, 0.717) is 0 Å². The van der Waals surface area contributed by atoms with E-state index in [2.05, 4.69) is 9.71 Å². The number of ether oxygens (including phenoxy) is 1. The van der Waals surface area contributed by atoms with Gasteiger partial charge in [0.25, 0.3) is 10.0 Å². The van der Waals surface area contributed by atoms with Crippen LogP contribution in [0.5, 0.6) is 0 Å². The lowest BCUT2D eigenvalue weighted by molar-refractivity contribution is 0.0564. The largest absolute Gasteiger partial charge is 0.444 e. The van der Waals surface area contributed by atoms with Gasteiger partial charge in [-0.3, -0.25) is 5.32 Å². The van der Waals surface area contributed by atoms with Gasteiger partial charge in [-0.2, -0.15) is 8.42 Å². The Morgan fingerprint density at radius 2 is 1.82 bits per heavy atom. The van der Waals surface area contributed by atoms with Crippen molar-refractivity contribution < 1.29 is 22.3 Å². The van der Waals surface area contributed by atoms with Crippen LogP contribution in [0.1, 0.15) is 20.8 Å². The Kier molecular flexibility index (Phi) is 5.95. The maximum absolute atomic E-state index is 12.8. The molecular formula is C13H17FN2O4S2. The molecule has 122 valence electrons. The normalized spacial score (nSPS) is 12.9. The first-order chi connectivity index (χ1) is 10.0. The molecule has 0 fully saturated rings. The van der Waals surface area contributed by atoms with E-state index in [1.807, 2.05) is 0 Å². The van der Waals surface area contributed by atoms with Crippen LogP contribution in [0.2, 0.25) is 0 Å². The average molecular weight is 348 g/mol. The quantitative estimate of drug-likeness (QED) is 0.656. The molecule has 0 heterocycles. The highest BCUT2D eigenvalue weighted by Crippen LogP contribution is 2.15. The Balaban J connectivity index is 2.96.